The van der Waals surface area contributed by atoms with Crippen LogP contribution in [0.4, 0.5) is 0 Å². The number of nitrogens with zero attached hydrogens (tertiary/aromatic N) is 2. The van der Waals surface area contributed by atoms with E-state index < -0.39 is 0 Å². The van der Waals surface area contributed by atoms with Crippen LogP contribution in [0, 0.1) is 13.8 Å². The minimum Gasteiger partial charge on any atom is -0.339 e. The zero-order chi connectivity index (χ0) is 12.5. The van der Waals surface area contributed by atoms with Gasteiger partial charge in [-0.05, 0) is 43.5 Å². The molecule has 18 heavy (non-hydrogen) atoms. The minimum atomic E-state index is 0.834. The average molecular weight is 236 g/mol. The summed E-state index contributed by atoms with van der Waals surface area (Å²) >= 11 is 0. The number of hydrogen-bond donors (Lipinski definition) is 0. The number of rotatable bonds is 2. The number of hydrogen-bond acceptors (Lipinski definition) is 1. The van der Waals surface area contributed by atoms with Crippen LogP contribution >= 0.6 is 0 Å². The minimum absolute atomic E-state index is 0.834. The van der Waals surface area contributed by atoms with Crippen LogP contribution in [-0.4, -0.2) is 9.55 Å². The normalized spacial score (nSPS) is 11.0. The molecule has 3 aromatic rings. The third-order valence-electron chi connectivity index (χ3n) is 3.28. The maximum Gasteiger partial charge on any atom is 0.0651 e. The van der Waals surface area contributed by atoms with Gasteiger partial charge in [-0.3, -0.25) is 4.98 Å². The fourth-order valence-corrected chi connectivity index (χ4v) is 2.41. The van der Waals surface area contributed by atoms with E-state index in [-0.39, 0.29) is 0 Å². The predicted octanol–water partition coefficient (Wildman–Crippen LogP) is 3.70. The van der Waals surface area contributed by atoms with E-state index in [1.165, 1.54) is 16.6 Å². The van der Waals surface area contributed by atoms with Crippen molar-refractivity contribution >= 4 is 10.9 Å². The zero-order valence-corrected chi connectivity index (χ0v) is 10.7. The van der Waals surface area contributed by atoms with Gasteiger partial charge >= 0.3 is 0 Å². The van der Waals surface area contributed by atoms with Crippen molar-refractivity contribution in [2.24, 2.45) is 0 Å². The highest BCUT2D eigenvalue weighted by Gasteiger charge is 2.06. The number of pyridine rings is 1. The number of aromatic nitrogens is 2. The Balaban J connectivity index is 2.07. The molecule has 0 bridgehead atoms. The summed E-state index contributed by atoms with van der Waals surface area (Å²) in [7, 11) is 0. The Hall–Kier alpha value is -2.09. The first-order chi connectivity index (χ1) is 8.74. The van der Waals surface area contributed by atoms with Crippen molar-refractivity contribution in [2.75, 3.05) is 0 Å². The third kappa shape index (κ3) is 1.90. The van der Waals surface area contributed by atoms with Gasteiger partial charge < -0.3 is 4.57 Å². The lowest BCUT2D eigenvalue weighted by Crippen LogP contribution is -2.03. The molecule has 2 nitrogen and oxygen atoms in total. The van der Waals surface area contributed by atoms with Crippen molar-refractivity contribution in [1.29, 1.82) is 0 Å². The van der Waals surface area contributed by atoms with Gasteiger partial charge in [0, 0.05) is 16.9 Å². The van der Waals surface area contributed by atoms with E-state index in [0.29, 0.717) is 0 Å². The van der Waals surface area contributed by atoms with Crippen molar-refractivity contribution in [3.05, 3.63) is 65.6 Å². The summed E-state index contributed by atoms with van der Waals surface area (Å²) in [4.78, 5) is 4.58. The molecule has 2 heterocycles. The van der Waals surface area contributed by atoms with Crippen LogP contribution in [0.1, 0.15) is 17.1 Å². The summed E-state index contributed by atoms with van der Waals surface area (Å²) in [6.07, 6.45) is 0. The second-order valence-corrected chi connectivity index (χ2v) is 4.70. The van der Waals surface area contributed by atoms with Crippen LogP contribution < -0.4 is 0 Å². The fraction of sp³-hybridized carbons (Fsp3) is 0.188. The molecule has 0 aliphatic carbocycles. The molecule has 0 fully saturated rings. The second-order valence-electron chi connectivity index (χ2n) is 4.70. The summed E-state index contributed by atoms with van der Waals surface area (Å²) in [5.74, 6) is 0. The van der Waals surface area contributed by atoms with Gasteiger partial charge in [-0.2, -0.15) is 0 Å². The van der Waals surface area contributed by atoms with E-state index in [2.05, 4.69) is 58.9 Å². The largest absolute Gasteiger partial charge is 0.339 e. The van der Waals surface area contributed by atoms with Crippen LogP contribution in [-0.2, 0) is 6.54 Å². The van der Waals surface area contributed by atoms with Crippen molar-refractivity contribution < 1.29 is 0 Å². The molecule has 1 aromatic carbocycles. The Bertz CT molecular complexity index is 695. The molecule has 0 saturated heterocycles. The SMILES string of the molecule is Cc1cccc(Cn2c(C)cc3ccccc32)n1. The van der Waals surface area contributed by atoms with E-state index in [0.717, 1.165) is 17.9 Å². The van der Waals surface area contributed by atoms with Crippen LogP contribution in [0.25, 0.3) is 10.9 Å². The molecule has 2 heteroatoms. The van der Waals surface area contributed by atoms with E-state index in [1.54, 1.807) is 0 Å². The molecule has 0 aliphatic rings. The van der Waals surface area contributed by atoms with Crippen molar-refractivity contribution in [3.63, 3.8) is 0 Å². The molecule has 90 valence electrons. The molecule has 0 aliphatic heterocycles. The summed E-state index contributed by atoms with van der Waals surface area (Å²) in [5.41, 5.74) is 4.74. The van der Waals surface area contributed by atoms with Gasteiger partial charge in [0.1, 0.15) is 0 Å². The van der Waals surface area contributed by atoms with E-state index in [9.17, 15) is 0 Å². The molecular formula is C16H16N2. The van der Waals surface area contributed by atoms with Gasteiger partial charge in [0.2, 0.25) is 0 Å². The number of aryl methyl sites for hydroxylation is 2. The Kier molecular flexibility index (Phi) is 2.63. The highest BCUT2D eigenvalue weighted by molar-refractivity contribution is 5.81. The fourth-order valence-electron chi connectivity index (χ4n) is 2.41. The first kappa shape index (κ1) is 11.0. The summed E-state index contributed by atoms with van der Waals surface area (Å²) in [5, 5.41) is 1.29. The summed E-state index contributed by atoms with van der Waals surface area (Å²) < 4.78 is 2.32. The highest BCUT2D eigenvalue weighted by Crippen LogP contribution is 2.20. The Morgan fingerprint density at radius 2 is 1.83 bits per heavy atom. The molecule has 2 aromatic heterocycles. The maximum atomic E-state index is 4.58. The maximum absolute atomic E-state index is 4.58. The zero-order valence-electron chi connectivity index (χ0n) is 10.7. The predicted molar refractivity (Wildman–Crippen MR) is 74.8 cm³/mol. The lowest BCUT2D eigenvalue weighted by molar-refractivity contribution is 0.777. The van der Waals surface area contributed by atoms with E-state index >= 15 is 0 Å². The van der Waals surface area contributed by atoms with Gasteiger partial charge in [0.15, 0.2) is 0 Å². The molecule has 0 amide bonds. The monoisotopic (exact) mass is 236 g/mol. The molecule has 0 unspecified atom stereocenters. The van der Waals surface area contributed by atoms with E-state index in [1.807, 2.05) is 13.0 Å². The van der Waals surface area contributed by atoms with Gasteiger partial charge in [0.05, 0.1) is 12.2 Å². The standard InChI is InChI=1S/C16H16N2/c1-12-6-5-8-15(17-12)11-18-13(2)10-14-7-3-4-9-16(14)18/h3-10H,11H2,1-2H3. The molecule has 0 atom stereocenters. The molecule has 0 radical (unpaired) electrons. The van der Waals surface area contributed by atoms with Crippen LogP contribution in [0.5, 0.6) is 0 Å². The molecule has 0 saturated carbocycles. The Labute approximate surface area is 107 Å². The van der Waals surface area contributed by atoms with Crippen LogP contribution in [0.2, 0.25) is 0 Å². The lowest BCUT2D eigenvalue weighted by atomic mass is 10.2. The highest BCUT2D eigenvalue weighted by atomic mass is 15.0. The average Bonchev–Trinajstić information content (AvgIpc) is 2.66. The molecular weight excluding hydrogens is 220 g/mol. The van der Waals surface area contributed by atoms with E-state index in [4.69, 9.17) is 0 Å². The van der Waals surface area contributed by atoms with Crippen molar-refractivity contribution in [3.8, 4) is 0 Å². The van der Waals surface area contributed by atoms with Gasteiger partial charge in [-0.25, -0.2) is 0 Å². The first-order valence-corrected chi connectivity index (χ1v) is 6.21. The smallest absolute Gasteiger partial charge is 0.0651 e. The van der Waals surface area contributed by atoms with Crippen molar-refractivity contribution in [1.82, 2.24) is 9.55 Å². The van der Waals surface area contributed by atoms with Crippen LogP contribution in [0.3, 0.4) is 0 Å². The first-order valence-electron chi connectivity index (χ1n) is 6.21. The number of fused-ring (bicyclic) bond motifs is 1. The van der Waals surface area contributed by atoms with Crippen molar-refractivity contribution in [2.45, 2.75) is 20.4 Å². The molecule has 3 rings (SSSR count). The van der Waals surface area contributed by atoms with Gasteiger partial charge in [-0.15, -0.1) is 0 Å². The number of para-hydroxylation sites is 1. The molecule has 0 N–H and O–H groups in total. The third-order valence-corrected chi connectivity index (χ3v) is 3.28. The summed E-state index contributed by atoms with van der Waals surface area (Å²) in [6, 6.07) is 16.9. The van der Waals surface area contributed by atoms with Gasteiger partial charge in [0.25, 0.3) is 0 Å². The lowest BCUT2D eigenvalue weighted by Gasteiger charge is -2.08. The van der Waals surface area contributed by atoms with Gasteiger partial charge in [-0.1, -0.05) is 24.3 Å². The topological polar surface area (TPSA) is 17.8 Å². The Morgan fingerprint density at radius 1 is 1.00 bits per heavy atom. The summed E-state index contributed by atoms with van der Waals surface area (Å²) in [6.45, 7) is 5.01. The van der Waals surface area contributed by atoms with Crippen LogP contribution in [0.15, 0.2) is 48.5 Å². The Morgan fingerprint density at radius 3 is 2.67 bits per heavy atom. The quantitative estimate of drug-likeness (QED) is 0.663. The second kappa shape index (κ2) is 4.30. The molecule has 0 spiro atoms. The number of benzene rings is 1.